The summed E-state index contributed by atoms with van der Waals surface area (Å²) in [5.74, 6) is 0.824. The molecular weight excluding hydrogens is 276 g/mol. The lowest BCUT2D eigenvalue weighted by Gasteiger charge is -2.46. The van der Waals surface area contributed by atoms with Gasteiger partial charge in [-0.1, -0.05) is 24.3 Å². The summed E-state index contributed by atoms with van der Waals surface area (Å²) >= 11 is 0. The largest absolute Gasteiger partial charge is 0.497 e. The molecule has 1 unspecified atom stereocenters. The predicted octanol–water partition coefficient (Wildman–Crippen LogP) is 3.46. The number of rotatable bonds is 3. The van der Waals surface area contributed by atoms with E-state index >= 15 is 0 Å². The minimum Gasteiger partial charge on any atom is -0.497 e. The van der Waals surface area contributed by atoms with Gasteiger partial charge in [0.1, 0.15) is 11.4 Å². The summed E-state index contributed by atoms with van der Waals surface area (Å²) < 4.78 is 5.32. The van der Waals surface area contributed by atoms with Crippen LogP contribution in [-0.4, -0.2) is 24.5 Å². The molecule has 0 saturated heterocycles. The van der Waals surface area contributed by atoms with Crippen LogP contribution in [0.15, 0.2) is 48.5 Å². The van der Waals surface area contributed by atoms with Crippen molar-refractivity contribution >= 4 is 11.6 Å². The van der Waals surface area contributed by atoms with Crippen molar-refractivity contribution in [2.24, 2.45) is 0 Å². The van der Waals surface area contributed by atoms with E-state index in [1.54, 1.807) is 7.11 Å². The lowest BCUT2D eigenvalue weighted by Crippen LogP contribution is -2.55. The first-order valence-electron chi connectivity index (χ1n) is 7.44. The van der Waals surface area contributed by atoms with Crippen LogP contribution in [0.3, 0.4) is 0 Å². The van der Waals surface area contributed by atoms with Crippen LogP contribution in [-0.2, 0) is 5.66 Å². The standard InChI is InChI=1S/C18H20N2O2/c1-4-20-17(21)15-10-5-6-11-16(15)19-18(20,2)13-8-7-9-14(12-13)22-3/h5-12,19H,4H2,1-3H3. The van der Waals surface area contributed by atoms with Crippen molar-refractivity contribution in [2.75, 3.05) is 19.0 Å². The van der Waals surface area contributed by atoms with E-state index in [4.69, 9.17) is 4.74 Å². The zero-order valence-corrected chi connectivity index (χ0v) is 13.1. The first kappa shape index (κ1) is 14.4. The molecule has 0 bridgehead atoms. The Kier molecular flexibility index (Phi) is 3.53. The Morgan fingerprint density at radius 1 is 1.18 bits per heavy atom. The van der Waals surface area contributed by atoms with Crippen LogP contribution >= 0.6 is 0 Å². The normalized spacial score (nSPS) is 20.3. The first-order valence-corrected chi connectivity index (χ1v) is 7.44. The highest BCUT2D eigenvalue weighted by atomic mass is 16.5. The minimum atomic E-state index is -0.602. The molecule has 1 atom stereocenters. The van der Waals surface area contributed by atoms with Gasteiger partial charge in [-0.15, -0.1) is 0 Å². The zero-order valence-electron chi connectivity index (χ0n) is 13.1. The van der Waals surface area contributed by atoms with E-state index in [1.807, 2.05) is 67.3 Å². The van der Waals surface area contributed by atoms with Crippen molar-refractivity contribution < 1.29 is 9.53 Å². The molecular formula is C18H20N2O2. The second kappa shape index (κ2) is 5.37. The van der Waals surface area contributed by atoms with E-state index in [0.29, 0.717) is 12.1 Å². The number of fused-ring (bicyclic) bond motifs is 1. The molecule has 0 fully saturated rings. The maximum atomic E-state index is 12.8. The summed E-state index contributed by atoms with van der Waals surface area (Å²) in [5.41, 5.74) is 1.97. The van der Waals surface area contributed by atoms with Gasteiger partial charge in [-0.2, -0.15) is 0 Å². The van der Waals surface area contributed by atoms with Gasteiger partial charge in [0, 0.05) is 17.8 Å². The third kappa shape index (κ3) is 2.11. The third-order valence-electron chi connectivity index (χ3n) is 4.27. The fourth-order valence-corrected chi connectivity index (χ4v) is 3.07. The summed E-state index contributed by atoms with van der Waals surface area (Å²) in [4.78, 5) is 14.7. The number of benzene rings is 2. The van der Waals surface area contributed by atoms with Gasteiger partial charge in [-0.3, -0.25) is 4.79 Å². The van der Waals surface area contributed by atoms with Crippen molar-refractivity contribution in [1.29, 1.82) is 0 Å². The number of amides is 1. The summed E-state index contributed by atoms with van der Waals surface area (Å²) in [6.45, 7) is 4.64. The number of carbonyl (C=O) groups excluding carboxylic acids is 1. The Morgan fingerprint density at radius 3 is 2.68 bits per heavy atom. The van der Waals surface area contributed by atoms with Crippen LogP contribution in [0.2, 0.25) is 0 Å². The average molecular weight is 296 g/mol. The number of para-hydroxylation sites is 1. The molecule has 1 aliphatic rings. The summed E-state index contributed by atoms with van der Waals surface area (Å²) in [5, 5.41) is 3.52. The first-order chi connectivity index (χ1) is 10.6. The lowest BCUT2D eigenvalue weighted by molar-refractivity contribution is 0.0552. The third-order valence-corrected chi connectivity index (χ3v) is 4.27. The molecule has 0 aliphatic carbocycles. The van der Waals surface area contributed by atoms with Crippen LogP contribution in [0.1, 0.15) is 29.8 Å². The summed E-state index contributed by atoms with van der Waals surface area (Å²) in [6.07, 6.45) is 0. The van der Waals surface area contributed by atoms with Crippen LogP contribution in [0.5, 0.6) is 5.75 Å². The minimum absolute atomic E-state index is 0.0437. The molecule has 1 aliphatic heterocycles. The molecule has 22 heavy (non-hydrogen) atoms. The van der Waals surface area contributed by atoms with Crippen molar-refractivity contribution in [3.8, 4) is 5.75 Å². The average Bonchev–Trinajstić information content (AvgIpc) is 2.55. The maximum Gasteiger partial charge on any atom is 0.258 e. The Hall–Kier alpha value is -2.49. The van der Waals surface area contributed by atoms with Crippen LogP contribution < -0.4 is 10.1 Å². The van der Waals surface area contributed by atoms with Crippen molar-refractivity contribution in [2.45, 2.75) is 19.5 Å². The number of anilines is 1. The zero-order chi connectivity index (χ0) is 15.7. The molecule has 4 nitrogen and oxygen atoms in total. The summed E-state index contributed by atoms with van der Waals surface area (Å²) in [7, 11) is 1.65. The Labute approximate surface area is 130 Å². The maximum absolute atomic E-state index is 12.8. The number of methoxy groups -OCH3 is 1. The smallest absolute Gasteiger partial charge is 0.258 e. The highest BCUT2D eigenvalue weighted by molar-refractivity contribution is 6.02. The fourth-order valence-electron chi connectivity index (χ4n) is 3.07. The van der Waals surface area contributed by atoms with Crippen molar-refractivity contribution in [3.05, 3.63) is 59.7 Å². The topological polar surface area (TPSA) is 41.6 Å². The van der Waals surface area contributed by atoms with E-state index in [-0.39, 0.29) is 5.91 Å². The molecule has 4 heteroatoms. The number of hydrogen-bond acceptors (Lipinski definition) is 3. The van der Waals surface area contributed by atoms with Gasteiger partial charge in [-0.25, -0.2) is 0 Å². The van der Waals surface area contributed by atoms with E-state index in [2.05, 4.69) is 5.32 Å². The number of carbonyl (C=O) groups is 1. The Balaban J connectivity index is 2.13. The highest BCUT2D eigenvalue weighted by Gasteiger charge is 2.41. The molecule has 1 amide bonds. The monoisotopic (exact) mass is 296 g/mol. The Bertz CT molecular complexity index is 714. The molecule has 0 aromatic heterocycles. The van der Waals surface area contributed by atoms with Gasteiger partial charge in [0.25, 0.3) is 5.91 Å². The lowest BCUT2D eigenvalue weighted by atomic mass is 9.93. The summed E-state index contributed by atoms with van der Waals surface area (Å²) in [6, 6.07) is 15.5. The van der Waals surface area contributed by atoms with E-state index in [1.165, 1.54) is 0 Å². The van der Waals surface area contributed by atoms with Gasteiger partial charge in [0.15, 0.2) is 0 Å². The number of ether oxygens (including phenoxy) is 1. The van der Waals surface area contributed by atoms with E-state index in [9.17, 15) is 4.79 Å². The van der Waals surface area contributed by atoms with E-state index < -0.39 is 5.66 Å². The SMILES string of the molecule is CCN1C(=O)c2ccccc2NC1(C)c1cccc(OC)c1. The Morgan fingerprint density at radius 2 is 1.95 bits per heavy atom. The van der Waals surface area contributed by atoms with Crippen LogP contribution in [0.4, 0.5) is 5.69 Å². The van der Waals surface area contributed by atoms with Crippen LogP contribution in [0, 0.1) is 0 Å². The number of nitrogens with one attached hydrogen (secondary N) is 1. The molecule has 0 radical (unpaired) electrons. The molecule has 114 valence electrons. The number of hydrogen-bond donors (Lipinski definition) is 1. The molecule has 3 rings (SSSR count). The van der Waals surface area contributed by atoms with Crippen molar-refractivity contribution in [3.63, 3.8) is 0 Å². The van der Waals surface area contributed by atoms with Gasteiger partial charge in [0.2, 0.25) is 0 Å². The van der Waals surface area contributed by atoms with Crippen molar-refractivity contribution in [1.82, 2.24) is 4.90 Å². The van der Waals surface area contributed by atoms with Crippen LogP contribution in [0.25, 0.3) is 0 Å². The molecule has 1 N–H and O–H groups in total. The highest BCUT2D eigenvalue weighted by Crippen LogP contribution is 2.38. The van der Waals surface area contributed by atoms with Gasteiger partial charge in [0.05, 0.1) is 12.7 Å². The van der Waals surface area contributed by atoms with E-state index in [0.717, 1.165) is 17.0 Å². The van der Waals surface area contributed by atoms with Gasteiger partial charge in [-0.05, 0) is 38.1 Å². The molecule has 2 aromatic carbocycles. The second-order valence-corrected chi connectivity index (χ2v) is 5.52. The van der Waals surface area contributed by atoms with Gasteiger partial charge < -0.3 is 15.0 Å². The fraction of sp³-hybridized carbons (Fsp3) is 0.278. The molecule has 0 saturated carbocycles. The second-order valence-electron chi connectivity index (χ2n) is 5.52. The number of nitrogens with zero attached hydrogens (tertiary/aromatic N) is 1. The quantitative estimate of drug-likeness (QED) is 0.943. The van der Waals surface area contributed by atoms with Gasteiger partial charge >= 0.3 is 0 Å². The molecule has 2 aromatic rings. The molecule has 0 spiro atoms. The predicted molar refractivity (Wildman–Crippen MR) is 87.1 cm³/mol. The molecule has 1 heterocycles.